The molecule has 0 atom stereocenters. The van der Waals surface area contributed by atoms with E-state index >= 15 is 0 Å². The molecule has 0 saturated heterocycles. The molecule has 1 aliphatic carbocycles. The first-order valence-corrected chi connectivity index (χ1v) is 14.8. The van der Waals surface area contributed by atoms with Crippen LogP contribution in [-0.4, -0.2) is 14.5 Å². The third kappa shape index (κ3) is 3.17. The molecule has 10 rings (SSSR count). The summed E-state index contributed by atoms with van der Waals surface area (Å²) in [7, 11) is 0. The summed E-state index contributed by atoms with van der Waals surface area (Å²) in [4.78, 5) is 10.7. The standard InChI is InChI=1S/C40H23N3O/c1-2-12-25-24(11-1)26-13-3-5-17-30(26)39-40(31-18-6-4-14-27(25)31)42-38(23-41-39)43-34-19-9-7-15-28(34)32-21-33-29-16-8-10-20-36(29)44-37(33)22-35(32)43/h1-23H. The van der Waals surface area contributed by atoms with Crippen molar-refractivity contribution < 1.29 is 4.42 Å². The van der Waals surface area contributed by atoms with Gasteiger partial charge in [-0.3, -0.25) is 9.55 Å². The second-order valence-corrected chi connectivity index (χ2v) is 11.4. The Hall–Kier alpha value is -6.00. The molecule has 6 aromatic carbocycles. The number of nitrogens with zero attached hydrogens (tertiary/aromatic N) is 3. The summed E-state index contributed by atoms with van der Waals surface area (Å²) in [6.07, 6.45) is 1.92. The normalized spacial score (nSPS) is 12.1. The summed E-state index contributed by atoms with van der Waals surface area (Å²) < 4.78 is 8.57. The van der Waals surface area contributed by atoms with E-state index in [0.29, 0.717) is 0 Å². The number of aromatic nitrogens is 3. The minimum Gasteiger partial charge on any atom is -0.456 e. The molecule has 0 bridgehead atoms. The molecule has 0 spiro atoms. The first-order valence-electron chi connectivity index (χ1n) is 14.8. The summed E-state index contributed by atoms with van der Waals surface area (Å²) in [5.41, 5.74) is 12.5. The fourth-order valence-electron chi connectivity index (χ4n) is 7.11. The lowest BCUT2D eigenvalue weighted by Gasteiger charge is -2.22. The van der Waals surface area contributed by atoms with Crippen molar-refractivity contribution in [3.63, 3.8) is 0 Å². The van der Waals surface area contributed by atoms with E-state index in [4.69, 9.17) is 14.4 Å². The van der Waals surface area contributed by atoms with Crippen LogP contribution in [0.3, 0.4) is 0 Å². The van der Waals surface area contributed by atoms with E-state index in [2.05, 4.69) is 126 Å². The molecule has 0 fully saturated rings. The minimum atomic E-state index is 0.770. The fourth-order valence-corrected chi connectivity index (χ4v) is 7.11. The van der Waals surface area contributed by atoms with E-state index in [-0.39, 0.29) is 0 Å². The molecule has 3 aromatic heterocycles. The van der Waals surface area contributed by atoms with Gasteiger partial charge < -0.3 is 4.42 Å². The van der Waals surface area contributed by atoms with Gasteiger partial charge in [0.15, 0.2) is 5.82 Å². The second-order valence-electron chi connectivity index (χ2n) is 11.4. The zero-order valence-corrected chi connectivity index (χ0v) is 23.5. The number of furan rings is 1. The topological polar surface area (TPSA) is 43.9 Å². The average molecular weight is 562 g/mol. The largest absolute Gasteiger partial charge is 0.456 e. The number of hydrogen-bond donors (Lipinski definition) is 0. The molecule has 9 aromatic rings. The van der Waals surface area contributed by atoms with Crippen LogP contribution in [-0.2, 0) is 0 Å². The highest BCUT2D eigenvalue weighted by atomic mass is 16.3. The van der Waals surface area contributed by atoms with Crippen LogP contribution in [0.15, 0.2) is 144 Å². The third-order valence-electron chi connectivity index (χ3n) is 9.03. The minimum absolute atomic E-state index is 0.770. The van der Waals surface area contributed by atoms with Crippen LogP contribution in [0.4, 0.5) is 0 Å². The van der Waals surface area contributed by atoms with Gasteiger partial charge in [0.25, 0.3) is 0 Å². The van der Waals surface area contributed by atoms with Crippen LogP contribution >= 0.6 is 0 Å². The van der Waals surface area contributed by atoms with Crippen molar-refractivity contribution in [2.24, 2.45) is 0 Å². The van der Waals surface area contributed by atoms with E-state index < -0.39 is 0 Å². The van der Waals surface area contributed by atoms with Crippen molar-refractivity contribution in [2.75, 3.05) is 0 Å². The molecule has 0 N–H and O–H groups in total. The number of rotatable bonds is 1. The van der Waals surface area contributed by atoms with Crippen LogP contribution in [0.1, 0.15) is 0 Å². The summed E-state index contributed by atoms with van der Waals surface area (Å²) in [6.45, 7) is 0. The van der Waals surface area contributed by atoms with E-state index in [1.54, 1.807) is 0 Å². The number of fused-ring (bicyclic) bond motifs is 14. The lowest BCUT2D eigenvalue weighted by atomic mass is 9.84. The van der Waals surface area contributed by atoms with Crippen LogP contribution < -0.4 is 0 Å². The number of para-hydroxylation sites is 2. The molecule has 44 heavy (non-hydrogen) atoms. The quantitative estimate of drug-likeness (QED) is 0.200. The zero-order valence-electron chi connectivity index (χ0n) is 23.5. The van der Waals surface area contributed by atoms with Crippen LogP contribution in [0.5, 0.6) is 0 Å². The molecule has 1 aliphatic rings. The zero-order chi connectivity index (χ0) is 28.8. The Labute approximate surface area is 252 Å². The summed E-state index contributed by atoms with van der Waals surface area (Å²) in [5, 5.41) is 4.57. The van der Waals surface area contributed by atoms with Gasteiger partial charge in [-0.15, -0.1) is 0 Å². The highest BCUT2D eigenvalue weighted by Gasteiger charge is 2.25. The smallest absolute Gasteiger partial charge is 0.156 e. The molecular weight excluding hydrogens is 538 g/mol. The SMILES string of the molecule is c1ccc2c(c1)-c1ccccc1-c1ncc(-n3c4ccccc4c4cc5c(cc43)oc3ccccc35)nc1-c1ccccc1-2. The molecule has 0 aliphatic heterocycles. The van der Waals surface area contributed by atoms with Crippen LogP contribution in [0, 0.1) is 0 Å². The van der Waals surface area contributed by atoms with Gasteiger partial charge in [-0.1, -0.05) is 109 Å². The first-order chi connectivity index (χ1) is 21.8. The molecule has 0 amide bonds. The Balaban J connectivity index is 1.31. The van der Waals surface area contributed by atoms with E-state index in [9.17, 15) is 0 Å². The van der Waals surface area contributed by atoms with Gasteiger partial charge in [0, 0.05) is 38.7 Å². The summed E-state index contributed by atoms with van der Waals surface area (Å²) >= 11 is 0. The van der Waals surface area contributed by atoms with Crippen molar-refractivity contribution >= 4 is 43.7 Å². The Morgan fingerprint density at radius 2 is 1.00 bits per heavy atom. The Kier molecular flexibility index (Phi) is 4.69. The van der Waals surface area contributed by atoms with Crippen molar-refractivity contribution in [1.29, 1.82) is 0 Å². The highest BCUT2D eigenvalue weighted by Crippen LogP contribution is 2.46. The summed E-state index contributed by atoms with van der Waals surface area (Å²) in [6, 6.07) is 46.9. The lowest BCUT2D eigenvalue weighted by molar-refractivity contribution is 0.669. The van der Waals surface area contributed by atoms with Gasteiger partial charge in [0.05, 0.1) is 28.6 Å². The van der Waals surface area contributed by atoms with Crippen LogP contribution in [0.2, 0.25) is 0 Å². The molecule has 4 heteroatoms. The maximum atomic E-state index is 6.34. The molecule has 0 saturated carbocycles. The molecular formula is C40H23N3O. The number of benzene rings is 6. The van der Waals surface area contributed by atoms with Crippen molar-refractivity contribution in [2.45, 2.75) is 0 Å². The van der Waals surface area contributed by atoms with E-state index in [1.807, 2.05) is 18.3 Å². The van der Waals surface area contributed by atoms with E-state index in [1.165, 1.54) is 16.5 Å². The molecule has 204 valence electrons. The van der Waals surface area contributed by atoms with Gasteiger partial charge in [0.1, 0.15) is 11.2 Å². The molecule has 0 unspecified atom stereocenters. The van der Waals surface area contributed by atoms with Crippen molar-refractivity contribution in [1.82, 2.24) is 14.5 Å². The number of hydrogen-bond acceptors (Lipinski definition) is 3. The maximum Gasteiger partial charge on any atom is 0.156 e. The Bertz CT molecular complexity index is 2620. The van der Waals surface area contributed by atoms with Gasteiger partial charge in [-0.2, -0.15) is 0 Å². The summed E-state index contributed by atoms with van der Waals surface area (Å²) in [5.74, 6) is 0.770. The lowest BCUT2D eigenvalue weighted by Crippen LogP contribution is -2.05. The Morgan fingerprint density at radius 1 is 0.432 bits per heavy atom. The third-order valence-corrected chi connectivity index (χ3v) is 9.03. The Morgan fingerprint density at radius 3 is 1.73 bits per heavy atom. The average Bonchev–Trinajstić information content (AvgIpc) is 3.61. The van der Waals surface area contributed by atoms with Gasteiger partial charge in [-0.25, -0.2) is 4.98 Å². The van der Waals surface area contributed by atoms with Crippen LogP contribution in [0.25, 0.3) is 94.3 Å². The molecule has 3 heterocycles. The van der Waals surface area contributed by atoms with E-state index in [0.717, 1.165) is 77.8 Å². The van der Waals surface area contributed by atoms with Gasteiger partial charge in [0.2, 0.25) is 0 Å². The first kappa shape index (κ1) is 23.6. The highest BCUT2D eigenvalue weighted by molar-refractivity contribution is 6.17. The molecule has 4 nitrogen and oxygen atoms in total. The van der Waals surface area contributed by atoms with Gasteiger partial charge >= 0.3 is 0 Å². The fraction of sp³-hybridized carbons (Fsp3) is 0. The predicted octanol–water partition coefficient (Wildman–Crippen LogP) is 10.5. The van der Waals surface area contributed by atoms with Crippen molar-refractivity contribution in [3.8, 4) is 50.6 Å². The maximum absolute atomic E-state index is 6.34. The monoisotopic (exact) mass is 561 g/mol. The second kappa shape index (κ2) is 8.76. The van der Waals surface area contributed by atoms with Crippen molar-refractivity contribution in [3.05, 3.63) is 140 Å². The predicted molar refractivity (Wildman–Crippen MR) is 179 cm³/mol. The molecule has 0 radical (unpaired) electrons. The van der Waals surface area contributed by atoms with Gasteiger partial charge in [-0.05, 0) is 40.5 Å².